The molecule has 0 saturated carbocycles. The quantitative estimate of drug-likeness (QED) is 0.355. The lowest BCUT2D eigenvalue weighted by molar-refractivity contribution is 0.317. The second kappa shape index (κ2) is 3.73. The molecule has 11 heavy (non-hydrogen) atoms. The van der Waals surface area contributed by atoms with Crippen LogP contribution < -0.4 is 5.73 Å². The SMILES string of the molecule is NC(Cc1sccc1Br)=NO. The maximum atomic E-state index is 8.28. The Labute approximate surface area is 76.7 Å². The summed E-state index contributed by atoms with van der Waals surface area (Å²) in [6, 6.07) is 1.94. The van der Waals surface area contributed by atoms with E-state index in [1.807, 2.05) is 11.4 Å². The molecule has 0 aromatic carbocycles. The number of oxime groups is 1. The Balaban J connectivity index is 2.72. The predicted molar refractivity (Wildman–Crippen MR) is 49.1 cm³/mol. The van der Waals surface area contributed by atoms with Crippen molar-refractivity contribution < 1.29 is 5.21 Å². The van der Waals surface area contributed by atoms with Crippen LogP contribution in [-0.4, -0.2) is 11.0 Å². The second-order valence-electron chi connectivity index (χ2n) is 1.96. The lowest BCUT2D eigenvalue weighted by Gasteiger charge is -1.94. The van der Waals surface area contributed by atoms with E-state index in [9.17, 15) is 0 Å². The van der Waals surface area contributed by atoms with Gasteiger partial charge in [0, 0.05) is 15.8 Å². The van der Waals surface area contributed by atoms with E-state index in [2.05, 4.69) is 21.1 Å². The van der Waals surface area contributed by atoms with Gasteiger partial charge in [-0.25, -0.2) is 0 Å². The number of hydrogen-bond acceptors (Lipinski definition) is 3. The topological polar surface area (TPSA) is 58.6 Å². The molecule has 1 rings (SSSR count). The summed E-state index contributed by atoms with van der Waals surface area (Å²) in [5.74, 6) is 0.230. The standard InChI is InChI=1S/C6H7BrN2OS/c7-4-1-2-11-5(4)3-6(8)9-10/h1-2,10H,3H2,(H2,8,9). The van der Waals surface area contributed by atoms with E-state index >= 15 is 0 Å². The summed E-state index contributed by atoms with van der Waals surface area (Å²) in [5.41, 5.74) is 5.32. The number of nitrogens with two attached hydrogens (primary N) is 1. The fraction of sp³-hybridized carbons (Fsp3) is 0.167. The van der Waals surface area contributed by atoms with Gasteiger partial charge < -0.3 is 10.9 Å². The zero-order chi connectivity index (χ0) is 8.27. The third-order valence-corrected chi connectivity index (χ3v) is 3.09. The molecule has 1 aromatic heterocycles. The van der Waals surface area contributed by atoms with E-state index in [1.54, 1.807) is 11.3 Å². The molecule has 3 N–H and O–H groups in total. The van der Waals surface area contributed by atoms with Gasteiger partial charge in [0.2, 0.25) is 0 Å². The van der Waals surface area contributed by atoms with E-state index in [0.29, 0.717) is 6.42 Å². The van der Waals surface area contributed by atoms with Gasteiger partial charge in [0.25, 0.3) is 0 Å². The maximum Gasteiger partial charge on any atom is 0.144 e. The lowest BCUT2D eigenvalue weighted by Crippen LogP contribution is -2.13. The van der Waals surface area contributed by atoms with Crippen molar-refractivity contribution in [3.05, 3.63) is 20.8 Å². The van der Waals surface area contributed by atoms with Crippen LogP contribution in [0.4, 0.5) is 0 Å². The van der Waals surface area contributed by atoms with E-state index in [4.69, 9.17) is 10.9 Å². The van der Waals surface area contributed by atoms with Crippen LogP contribution in [-0.2, 0) is 6.42 Å². The molecule has 0 aliphatic rings. The minimum atomic E-state index is 0.230. The third kappa shape index (κ3) is 2.20. The van der Waals surface area contributed by atoms with Gasteiger partial charge in [0.15, 0.2) is 0 Å². The summed E-state index contributed by atoms with van der Waals surface area (Å²) < 4.78 is 1.01. The van der Waals surface area contributed by atoms with Gasteiger partial charge >= 0.3 is 0 Å². The molecule has 3 nitrogen and oxygen atoms in total. The van der Waals surface area contributed by atoms with Crippen LogP contribution in [0.2, 0.25) is 0 Å². The Morgan fingerprint density at radius 2 is 2.55 bits per heavy atom. The summed E-state index contributed by atoms with van der Waals surface area (Å²) in [4.78, 5) is 1.07. The zero-order valence-electron chi connectivity index (χ0n) is 5.62. The number of halogens is 1. The molecule has 1 aromatic rings. The fourth-order valence-corrected chi connectivity index (χ4v) is 2.16. The molecule has 0 radical (unpaired) electrons. The Kier molecular flexibility index (Phi) is 2.90. The first-order valence-corrected chi connectivity index (χ1v) is 4.59. The molecule has 0 atom stereocenters. The van der Waals surface area contributed by atoms with E-state index < -0.39 is 0 Å². The minimum absolute atomic E-state index is 0.230. The van der Waals surface area contributed by atoms with Crippen molar-refractivity contribution in [2.24, 2.45) is 10.9 Å². The van der Waals surface area contributed by atoms with Crippen molar-refractivity contribution in [1.29, 1.82) is 0 Å². The average molecular weight is 235 g/mol. The molecular weight excluding hydrogens is 228 g/mol. The number of rotatable bonds is 2. The molecule has 0 fully saturated rings. The normalized spacial score (nSPS) is 11.9. The first-order chi connectivity index (χ1) is 5.24. The highest BCUT2D eigenvalue weighted by molar-refractivity contribution is 9.10. The van der Waals surface area contributed by atoms with Gasteiger partial charge in [0.1, 0.15) is 5.84 Å². The number of thiophene rings is 1. The predicted octanol–water partition coefficient (Wildman–Crippen LogP) is 1.80. The summed E-state index contributed by atoms with van der Waals surface area (Å²) in [6.07, 6.45) is 0.495. The van der Waals surface area contributed by atoms with Crippen LogP contribution in [0.3, 0.4) is 0 Å². The van der Waals surface area contributed by atoms with Crippen molar-refractivity contribution in [1.82, 2.24) is 0 Å². The van der Waals surface area contributed by atoms with Crippen molar-refractivity contribution in [3.8, 4) is 0 Å². The minimum Gasteiger partial charge on any atom is -0.409 e. The van der Waals surface area contributed by atoms with Crippen LogP contribution >= 0.6 is 27.3 Å². The number of hydrogen-bond donors (Lipinski definition) is 2. The highest BCUT2D eigenvalue weighted by Crippen LogP contribution is 2.22. The van der Waals surface area contributed by atoms with Crippen molar-refractivity contribution in [2.75, 3.05) is 0 Å². The molecule has 0 spiro atoms. The summed E-state index contributed by atoms with van der Waals surface area (Å²) in [6.45, 7) is 0. The molecule has 0 saturated heterocycles. The van der Waals surface area contributed by atoms with Gasteiger partial charge in [-0.1, -0.05) is 5.16 Å². The van der Waals surface area contributed by atoms with E-state index in [1.165, 1.54) is 0 Å². The van der Waals surface area contributed by atoms with Crippen LogP contribution in [0.5, 0.6) is 0 Å². The third-order valence-electron chi connectivity index (χ3n) is 1.16. The van der Waals surface area contributed by atoms with Crippen LogP contribution in [0, 0.1) is 0 Å². The van der Waals surface area contributed by atoms with Gasteiger partial charge in [-0.15, -0.1) is 11.3 Å². The fourth-order valence-electron chi connectivity index (χ4n) is 0.651. The molecule has 1 heterocycles. The molecule has 0 bridgehead atoms. The molecule has 0 aliphatic heterocycles. The molecule has 60 valence electrons. The van der Waals surface area contributed by atoms with Gasteiger partial charge in [-0.3, -0.25) is 0 Å². The molecular formula is C6H7BrN2OS. The lowest BCUT2D eigenvalue weighted by atomic mass is 10.3. The van der Waals surface area contributed by atoms with Crippen molar-refractivity contribution in [2.45, 2.75) is 6.42 Å². The molecule has 0 unspecified atom stereocenters. The first kappa shape index (κ1) is 8.55. The second-order valence-corrected chi connectivity index (χ2v) is 3.81. The Morgan fingerprint density at radius 3 is 3.00 bits per heavy atom. The maximum absolute atomic E-state index is 8.28. The Bertz CT molecular complexity index is 271. The van der Waals surface area contributed by atoms with Crippen LogP contribution in [0.25, 0.3) is 0 Å². The number of amidine groups is 1. The van der Waals surface area contributed by atoms with Gasteiger partial charge in [-0.05, 0) is 27.4 Å². The van der Waals surface area contributed by atoms with Crippen molar-refractivity contribution in [3.63, 3.8) is 0 Å². The summed E-state index contributed by atoms with van der Waals surface area (Å²) >= 11 is 4.92. The van der Waals surface area contributed by atoms with Crippen molar-refractivity contribution >= 4 is 33.1 Å². The van der Waals surface area contributed by atoms with Crippen LogP contribution in [0.1, 0.15) is 4.88 Å². The Hall–Kier alpha value is -0.550. The van der Waals surface area contributed by atoms with E-state index in [0.717, 1.165) is 9.35 Å². The average Bonchev–Trinajstić information content (AvgIpc) is 2.37. The van der Waals surface area contributed by atoms with E-state index in [-0.39, 0.29) is 5.84 Å². The highest BCUT2D eigenvalue weighted by Gasteiger charge is 2.02. The Morgan fingerprint density at radius 1 is 1.82 bits per heavy atom. The molecule has 0 amide bonds. The number of nitrogens with zero attached hydrogens (tertiary/aromatic N) is 1. The monoisotopic (exact) mass is 234 g/mol. The summed E-state index contributed by atoms with van der Waals surface area (Å²) in [7, 11) is 0. The largest absolute Gasteiger partial charge is 0.409 e. The zero-order valence-corrected chi connectivity index (χ0v) is 8.02. The van der Waals surface area contributed by atoms with Gasteiger partial charge in [-0.2, -0.15) is 0 Å². The smallest absolute Gasteiger partial charge is 0.144 e. The summed E-state index contributed by atoms with van der Waals surface area (Å²) in [5, 5.41) is 13.1. The molecule has 0 aliphatic carbocycles. The van der Waals surface area contributed by atoms with Crippen LogP contribution in [0.15, 0.2) is 21.1 Å². The first-order valence-electron chi connectivity index (χ1n) is 2.92. The molecule has 5 heteroatoms. The highest BCUT2D eigenvalue weighted by atomic mass is 79.9. The van der Waals surface area contributed by atoms with Gasteiger partial charge in [0.05, 0.1) is 0 Å².